The number of aryl methyl sites for hydroxylation is 1. The van der Waals surface area contributed by atoms with Gasteiger partial charge in [0.2, 0.25) is 0 Å². The highest BCUT2D eigenvalue weighted by atomic mass is 16.6. The van der Waals surface area contributed by atoms with Crippen LogP contribution in [0.15, 0.2) is 30.5 Å². The molecule has 4 rings (SSSR count). The van der Waals surface area contributed by atoms with Gasteiger partial charge in [0.25, 0.3) is 0 Å². The lowest BCUT2D eigenvalue weighted by Gasteiger charge is -2.22. The Hall–Kier alpha value is -2.60. The molecule has 3 heterocycles. The summed E-state index contributed by atoms with van der Waals surface area (Å²) in [7, 11) is 0. The predicted molar refractivity (Wildman–Crippen MR) is 95.9 cm³/mol. The zero-order chi connectivity index (χ0) is 17.2. The molecule has 25 heavy (non-hydrogen) atoms. The summed E-state index contributed by atoms with van der Waals surface area (Å²) in [6, 6.07) is 8.36. The number of hydrogen-bond donors (Lipinski definition) is 2. The molecular weight excluding hydrogens is 316 g/mol. The first-order valence-corrected chi connectivity index (χ1v) is 8.67. The Balaban J connectivity index is 1.50. The van der Waals surface area contributed by atoms with Crippen molar-refractivity contribution in [3.63, 3.8) is 0 Å². The van der Waals surface area contributed by atoms with E-state index in [2.05, 4.69) is 46.2 Å². The third kappa shape index (κ3) is 3.17. The van der Waals surface area contributed by atoms with Crippen molar-refractivity contribution in [3.8, 4) is 11.5 Å². The van der Waals surface area contributed by atoms with Gasteiger partial charge in [0.1, 0.15) is 19.0 Å². The smallest absolute Gasteiger partial charge is 0.178 e. The Labute approximate surface area is 146 Å². The second-order valence-electron chi connectivity index (χ2n) is 6.25. The van der Waals surface area contributed by atoms with Gasteiger partial charge in [0, 0.05) is 12.2 Å². The molecule has 0 saturated heterocycles. The largest absolute Gasteiger partial charge is 0.486 e. The maximum Gasteiger partial charge on any atom is 0.178 e. The number of hydrogen-bond acceptors (Lipinski definition) is 5. The number of rotatable bonds is 5. The molecule has 130 valence electrons. The van der Waals surface area contributed by atoms with Gasteiger partial charge in [0.15, 0.2) is 17.1 Å². The minimum Gasteiger partial charge on any atom is -0.486 e. The molecule has 0 spiro atoms. The summed E-state index contributed by atoms with van der Waals surface area (Å²) in [6.45, 7) is 6.10. The molecule has 0 bridgehead atoms. The van der Waals surface area contributed by atoms with E-state index in [-0.39, 0.29) is 6.04 Å². The summed E-state index contributed by atoms with van der Waals surface area (Å²) < 4.78 is 11.3. The number of nitrogens with zero attached hydrogens (tertiary/aromatic N) is 2. The van der Waals surface area contributed by atoms with Crippen LogP contribution < -0.4 is 14.8 Å². The van der Waals surface area contributed by atoms with E-state index in [1.165, 1.54) is 5.56 Å². The first-order valence-electron chi connectivity index (χ1n) is 8.67. The molecule has 1 aromatic carbocycles. The predicted octanol–water partition coefficient (Wildman–Crippen LogP) is 3.28. The molecule has 0 amide bonds. The number of H-pyrrole nitrogens is 1. The zero-order valence-corrected chi connectivity index (χ0v) is 14.5. The van der Waals surface area contributed by atoms with E-state index in [0.717, 1.165) is 40.5 Å². The standard InChI is InChI=1S/C19H22N4O2/c1-3-14(13-4-5-15-16(10-13)25-9-8-24-15)21-11-17-22-18-12(2)6-7-20-19(18)23-17/h4-7,10,14,21H,3,8-9,11H2,1-2H3,(H,20,22,23)/t14-/m1/s1. The summed E-state index contributed by atoms with van der Waals surface area (Å²) in [5.41, 5.74) is 4.12. The zero-order valence-electron chi connectivity index (χ0n) is 14.5. The Bertz CT molecular complexity index is 890. The van der Waals surface area contributed by atoms with Gasteiger partial charge in [-0.25, -0.2) is 9.97 Å². The van der Waals surface area contributed by atoms with Crippen LogP contribution in [-0.4, -0.2) is 28.2 Å². The Kier molecular flexibility index (Phi) is 4.28. The Morgan fingerprint density at radius 1 is 1.20 bits per heavy atom. The molecule has 0 fully saturated rings. The van der Waals surface area contributed by atoms with E-state index < -0.39 is 0 Å². The van der Waals surface area contributed by atoms with Gasteiger partial charge >= 0.3 is 0 Å². The Morgan fingerprint density at radius 3 is 2.84 bits per heavy atom. The molecule has 6 heteroatoms. The summed E-state index contributed by atoms with van der Waals surface area (Å²) in [4.78, 5) is 12.2. The molecule has 2 N–H and O–H groups in total. The molecule has 0 unspecified atom stereocenters. The van der Waals surface area contributed by atoms with Crippen molar-refractivity contribution in [2.75, 3.05) is 13.2 Å². The molecule has 0 aliphatic carbocycles. The van der Waals surface area contributed by atoms with E-state index in [1.54, 1.807) is 6.20 Å². The average molecular weight is 338 g/mol. The fourth-order valence-electron chi connectivity index (χ4n) is 3.16. The normalized spacial score (nSPS) is 14.6. The van der Waals surface area contributed by atoms with Crippen LogP contribution >= 0.6 is 0 Å². The summed E-state index contributed by atoms with van der Waals surface area (Å²) in [6.07, 6.45) is 2.76. The number of ether oxygens (including phenoxy) is 2. The van der Waals surface area contributed by atoms with Crippen molar-refractivity contribution in [3.05, 3.63) is 47.4 Å². The van der Waals surface area contributed by atoms with Crippen molar-refractivity contribution < 1.29 is 9.47 Å². The lowest BCUT2D eigenvalue weighted by molar-refractivity contribution is 0.171. The maximum atomic E-state index is 5.70. The molecule has 3 aromatic rings. The van der Waals surface area contributed by atoms with E-state index in [1.807, 2.05) is 12.1 Å². The molecule has 0 saturated carbocycles. The molecule has 1 aliphatic heterocycles. The van der Waals surface area contributed by atoms with Gasteiger partial charge in [-0.1, -0.05) is 13.0 Å². The maximum absolute atomic E-state index is 5.70. The number of imidazole rings is 1. The van der Waals surface area contributed by atoms with Gasteiger partial charge in [-0.05, 0) is 42.7 Å². The molecule has 6 nitrogen and oxygen atoms in total. The van der Waals surface area contributed by atoms with E-state index in [9.17, 15) is 0 Å². The van der Waals surface area contributed by atoms with Crippen LogP contribution in [0.3, 0.4) is 0 Å². The third-order valence-corrected chi connectivity index (χ3v) is 4.54. The topological polar surface area (TPSA) is 72.1 Å². The Morgan fingerprint density at radius 2 is 2.04 bits per heavy atom. The van der Waals surface area contributed by atoms with Gasteiger partial charge in [0.05, 0.1) is 12.1 Å². The molecular formula is C19H22N4O2. The van der Waals surface area contributed by atoms with Crippen LogP contribution in [0.4, 0.5) is 0 Å². The fraction of sp³-hybridized carbons (Fsp3) is 0.368. The SMILES string of the molecule is CC[C@@H](NCc1nc2nccc(C)c2[nH]1)c1ccc2c(c1)OCCO2. The minimum atomic E-state index is 0.220. The molecule has 2 aromatic heterocycles. The number of pyridine rings is 1. The highest BCUT2D eigenvalue weighted by Gasteiger charge is 2.16. The van der Waals surface area contributed by atoms with Gasteiger partial charge in [-0.15, -0.1) is 0 Å². The second kappa shape index (κ2) is 6.72. The highest BCUT2D eigenvalue weighted by Crippen LogP contribution is 2.33. The van der Waals surface area contributed by atoms with Crippen molar-refractivity contribution >= 4 is 11.2 Å². The van der Waals surface area contributed by atoms with Gasteiger partial charge in [-0.2, -0.15) is 0 Å². The summed E-state index contributed by atoms with van der Waals surface area (Å²) >= 11 is 0. The average Bonchev–Trinajstić information content (AvgIpc) is 3.07. The van der Waals surface area contributed by atoms with Crippen molar-refractivity contribution in [2.45, 2.75) is 32.9 Å². The van der Waals surface area contributed by atoms with Crippen LogP contribution in [0.1, 0.15) is 36.3 Å². The van der Waals surface area contributed by atoms with Crippen LogP contribution in [0.5, 0.6) is 11.5 Å². The molecule has 0 radical (unpaired) electrons. The molecule has 1 atom stereocenters. The van der Waals surface area contributed by atoms with E-state index >= 15 is 0 Å². The number of aromatic nitrogens is 3. The van der Waals surface area contributed by atoms with Crippen molar-refractivity contribution in [1.82, 2.24) is 20.3 Å². The van der Waals surface area contributed by atoms with Crippen molar-refractivity contribution in [2.24, 2.45) is 0 Å². The number of fused-ring (bicyclic) bond motifs is 2. The number of benzene rings is 1. The second-order valence-corrected chi connectivity index (χ2v) is 6.25. The van der Waals surface area contributed by atoms with Crippen LogP contribution in [0.25, 0.3) is 11.2 Å². The molecule has 1 aliphatic rings. The van der Waals surface area contributed by atoms with Crippen LogP contribution in [0.2, 0.25) is 0 Å². The lowest BCUT2D eigenvalue weighted by Crippen LogP contribution is -2.21. The monoisotopic (exact) mass is 338 g/mol. The van der Waals surface area contributed by atoms with Crippen LogP contribution in [0, 0.1) is 6.92 Å². The first kappa shape index (κ1) is 15.9. The van der Waals surface area contributed by atoms with E-state index in [4.69, 9.17) is 9.47 Å². The summed E-state index contributed by atoms with van der Waals surface area (Å²) in [5, 5.41) is 3.57. The number of aromatic amines is 1. The quantitative estimate of drug-likeness (QED) is 0.747. The summed E-state index contributed by atoms with van der Waals surface area (Å²) in [5.74, 6) is 2.55. The first-order chi connectivity index (χ1) is 12.2. The van der Waals surface area contributed by atoms with Gasteiger partial charge < -0.3 is 19.8 Å². The fourth-order valence-corrected chi connectivity index (χ4v) is 3.16. The lowest BCUT2D eigenvalue weighted by atomic mass is 10.0. The van der Waals surface area contributed by atoms with Gasteiger partial charge in [-0.3, -0.25) is 0 Å². The third-order valence-electron chi connectivity index (χ3n) is 4.54. The minimum absolute atomic E-state index is 0.220. The van der Waals surface area contributed by atoms with E-state index in [0.29, 0.717) is 19.8 Å². The highest BCUT2D eigenvalue weighted by molar-refractivity contribution is 5.74. The van der Waals surface area contributed by atoms with Crippen molar-refractivity contribution in [1.29, 1.82) is 0 Å². The van der Waals surface area contributed by atoms with Crippen LogP contribution in [-0.2, 0) is 6.54 Å². The number of nitrogens with one attached hydrogen (secondary N) is 2.